The normalized spacial score (nSPS) is 19.3. The molecule has 4 nitrogen and oxygen atoms in total. The van der Waals surface area contributed by atoms with Crippen molar-refractivity contribution < 1.29 is 22.8 Å². The Morgan fingerprint density at radius 1 is 1.16 bits per heavy atom. The average molecular weight is 546 g/mol. The lowest BCUT2D eigenvalue weighted by Crippen LogP contribution is -2.42. The number of hydrogen-bond acceptors (Lipinski definition) is 4. The fourth-order valence-electron chi connectivity index (χ4n) is 2.98. The van der Waals surface area contributed by atoms with Gasteiger partial charge in [-0.2, -0.15) is 24.9 Å². The van der Waals surface area contributed by atoms with Crippen LogP contribution in [0.1, 0.15) is 24.5 Å². The van der Waals surface area contributed by atoms with Gasteiger partial charge in [0.05, 0.1) is 36.7 Å². The quantitative estimate of drug-likeness (QED) is 0.394. The fourth-order valence-corrected chi connectivity index (χ4v) is 4.08. The maximum Gasteiger partial charge on any atom is 0.435 e. The third-order valence-corrected chi connectivity index (χ3v) is 7.35. The number of carbonyl (C=O) groups excluding carboxylic acids is 1. The molecule has 1 heterocycles. The summed E-state index contributed by atoms with van der Waals surface area (Å²) in [7, 11) is 0. The number of halogens is 7. The third-order valence-electron chi connectivity index (χ3n) is 4.92. The smallest absolute Gasteiger partial charge is 0.374 e. The van der Waals surface area contributed by atoms with Crippen molar-refractivity contribution in [1.29, 1.82) is 0 Å². The highest BCUT2D eigenvalue weighted by Crippen LogP contribution is 2.50. The van der Waals surface area contributed by atoms with E-state index < -0.39 is 18.2 Å². The Bertz CT molecular complexity index is 1070. The molecule has 172 valence electrons. The zero-order valence-corrected chi connectivity index (χ0v) is 20.3. The van der Waals surface area contributed by atoms with Gasteiger partial charge in [-0.05, 0) is 37.4 Å². The van der Waals surface area contributed by atoms with Crippen molar-refractivity contribution in [3.63, 3.8) is 0 Å². The van der Waals surface area contributed by atoms with Crippen LogP contribution in [-0.2, 0) is 15.2 Å². The molecule has 3 rings (SSSR count). The summed E-state index contributed by atoms with van der Waals surface area (Å²) >= 11 is 25.4. The lowest BCUT2D eigenvalue weighted by Gasteiger charge is -2.30. The summed E-state index contributed by atoms with van der Waals surface area (Å²) in [5.41, 5.74) is -2.47. The van der Waals surface area contributed by atoms with E-state index in [2.05, 4.69) is 10.5 Å². The van der Waals surface area contributed by atoms with E-state index in [1.807, 2.05) is 0 Å². The molecule has 0 saturated heterocycles. The fraction of sp³-hybridized carbons (Fsp3) is 0.300. The molecule has 32 heavy (non-hydrogen) atoms. The van der Waals surface area contributed by atoms with Crippen molar-refractivity contribution in [1.82, 2.24) is 0 Å². The molecular formula is C20H15Cl4F3N2O2S. The molecule has 2 unspecified atom stereocenters. The number of amides is 1. The second-order valence-corrected chi connectivity index (χ2v) is 9.72. The minimum Gasteiger partial charge on any atom is -0.374 e. The highest BCUT2D eigenvalue weighted by atomic mass is 35.5. The van der Waals surface area contributed by atoms with Gasteiger partial charge in [-0.15, -0.1) is 0 Å². The van der Waals surface area contributed by atoms with E-state index in [0.29, 0.717) is 11.3 Å². The topological polar surface area (TPSA) is 50.7 Å². The summed E-state index contributed by atoms with van der Waals surface area (Å²) in [4.78, 5) is 17.1. The summed E-state index contributed by atoms with van der Waals surface area (Å²) in [6.45, 7) is 1.73. The second-order valence-electron chi connectivity index (χ2n) is 6.95. The number of oxime groups is 1. The monoisotopic (exact) mass is 544 g/mol. The van der Waals surface area contributed by atoms with Crippen LogP contribution in [-0.4, -0.2) is 29.3 Å². The molecule has 1 amide bonds. The first-order chi connectivity index (χ1) is 14.9. The lowest BCUT2D eigenvalue weighted by atomic mass is 9.86. The zero-order valence-electron chi connectivity index (χ0n) is 16.5. The summed E-state index contributed by atoms with van der Waals surface area (Å²) in [6.07, 6.45) is -3.69. The maximum absolute atomic E-state index is 14.2. The number of hydrogen-bond donors (Lipinski definition) is 1. The minimum atomic E-state index is -4.84. The van der Waals surface area contributed by atoms with Gasteiger partial charge in [0.25, 0.3) is 5.60 Å². The van der Waals surface area contributed by atoms with Crippen molar-refractivity contribution in [3.8, 4) is 0 Å². The van der Waals surface area contributed by atoms with Crippen LogP contribution >= 0.6 is 58.2 Å². The molecule has 0 aliphatic carbocycles. The number of alkyl halides is 3. The molecule has 0 fully saturated rings. The van der Waals surface area contributed by atoms with E-state index in [1.54, 1.807) is 13.2 Å². The van der Waals surface area contributed by atoms with Gasteiger partial charge < -0.3 is 10.2 Å². The lowest BCUT2D eigenvalue weighted by molar-refractivity contribution is -0.275. The van der Waals surface area contributed by atoms with Crippen molar-refractivity contribution in [2.24, 2.45) is 5.16 Å². The van der Waals surface area contributed by atoms with Crippen molar-refractivity contribution in [3.05, 3.63) is 61.5 Å². The molecule has 2 atom stereocenters. The zero-order chi connectivity index (χ0) is 23.8. The van der Waals surface area contributed by atoms with Crippen LogP contribution in [0.15, 0.2) is 35.5 Å². The van der Waals surface area contributed by atoms with Gasteiger partial charge in [-0.1, -0.05) is 57.6 Å². The van der Waals surface area contributed by atoms with Crippen LogP contribution in [0.25, 0.3) is 0 Å². The van der Waals surface area contributed by atoms with E-state index in [0.717, 1.165) is 12.1 Å². The number of carbonyl (C=O) groups is 1. The van der Waals surface area contributed by atoms with Crippen LogP contribution < -0.4 is 5.32 Å². The molecule has 0 radical (unpaired) electrons. The Morgan fingerprint density at radius 3 is 2.31 bits per heavy atom. The van der Waals surface area contributed by atoms with Crippen LogP contribution in [0.3, 0.4) is 0 Å². The minimum absolute atomic E-state index is 0.0155. The maximum atomic E-state index is 14.2. The summed E-state index contributed by atoms with van der Waals surface area (Å²) in [5, 5.41) is 5.86. The number of benzene rings is 2. The van der Waals surface area contributed by atoms with Crippen molar-refractivity contribution in [2.45, 2.75) is 30.4 Å². The Kier molecular flexibility index (Phi) is 7.52. The Morgan fingerprint density at radius 2 is 1.78 bits per heavy atom. The average Bonchev–Trinajstić information content (AvgIpc) is 3.19. The first-order valence-corrected chi connectivity index (χ1v) is 11.8. The summed E-state index contributed by atoms with van der Waals surface area (Å²) < 4.78 is 42.5. The Balaban J connectivity index is 1.92. The first-order valence-electron chi connectivity index (χ1n) is 9.00. The van der Waals surface area contributed by atoms with Crippen LogP contribution in [0.5, 0.6) is 0 Å². The molecule has 0 saturated carbocycles. The molecule has 0 spiro atoms. The molecule has 1 aliphatic rings. The first kappa shape index (κ1) is 25.3. The van der Waals surface area contributed by atoms with Gasteiger partial charge in [0.2, 0.25) is 5.91 Å². The van der Waals surface area contributed by atoms with Gasteiger partial charge in [0.1, 0.15) is 0 Å². The van der Waals surface area contributed by atoms with Crippen LogP contribution in [0, 0.1) is 0 Å². The standard InChI is InChI=1S/C20H15Cl4F3N2O2S/c1-9(32-2)18(30)28-15-4-3-10(5-12(15)21)16-8-19(31-29-16,20(25,26)27)11-6-13(22)17(24)14(23)7-11/h3-7,9H,8H2,1-2H3,(H,28,30). The predicted molar refractivity (Wildman–Crippen MR) is 125 cm³/mol. The molecule has 1 N–H and O–H groups in total. The molecule has 0 aromatic heterocycles. The number of rotatable bonds is 5. The van der Waals surface area contributed by atoms with Crippen LogP contribution in [0.2, 0.25) is 20.1 Å². The van der Waals surface area contributed by atoms with E-state index in [1.165, 1.54) is 30.0 Å². The van der Waals surface area contributed by atoms with Gasteiger partial charge in [-0.25, -0.2) is 0 Å². The van der Waals surface area contributed by atoms with E-state index in [9.17, 15) is 18.0 Å². The van der Waals surface area contributed by atoms with E-state index in [-0.39, 0.29) is 42.5 Å². The largest absolute Gasteiger partial charge is 0.435 e. The molecule has 12 heteroatoms. The number of nitrogens with zero attached hydrogens (tertiary/aromatic N) is 1. The molecule has 0 bridgehead atoms. The SMILES string of the molecule is CSC(C)C(=O)Nc1ccc(C2=NOC(c3cc(Cl)c(Cl)c(Cl)c3)(C(F)(F)F)C2)cc1Cl. The van der Waals surface area contributed by atoms with Gasteiger partial charge in [-0.3, -0.25) is 4.79 Å². The second kappa shape index (κ2) is 9.50. The number of nitrogens with one attached hydrogen (secondary N) is 1. The Hall–Kier alpha value is -1.32. The van der Waals surface area contributed by atoms with E-state index >= 15 is 0 Å². The number of anilines is 1. The van der Waals surface area contributed by atoms with Gasteiger partial charge in [0, 0.05) is 17.5 Å². The van der Waals surface area contributed by atoms with Crippen LogP contribution in [0.4, 0.5) is 18.9 Å². The van der Waals surface area contributed by atoms with Crippen molar-refractivity contribution in [2.75, 3.05) is 11.6 Å². The van der Waals surface area contributed by atoms with Gasteiger partial charge in [0.15, 0.2) is 0 Å². The summed E-state index contributed by atoms with van der Waals surface area (Å²) in [5.74, 6) is -0.249. The molecular weight excluding hydrogens is 531 g/mol. The van der Waals surface area contributed by atoms with Crippen molar-refractivity contribution >= 4 is 75.5 Å². The number of thioether (sulfide) groups is 1. The third kappa shape index (κ3) is 4.80. The highest BCUT2D eigenvalue weighted by molar-refractivity contribution is 7.99. The molecule has 2 aromatic carbocycles. The van der Waals surface area contributed by atoms with E-state index in [4.69, 9.17) is 51.2 Å². The predicted octanol–water partition coefficient (Wildman–Crippen LogP) is 7.57. The molecule has 1 aliphatic heterocycles. The Labute approximate surface area is 206 Å². The summed E-state index contributed by atoms with van der Waals surface area (Å²) in [6, 6.07) is 6.52. The molecule has 2 aromatic rings. The highest BCUT2D eigenvalue weighted by Gasteiger charge is 2.62. The van der Waals surface area contributed by atoms with Gasteiger partial charge >= 0.3 is 6.18 Å².